The molecule has 0 aliphatic carbocycles. The first-order chi connectivity index (χ1) is 10.1. The zero-order valence-electron chi connectivity index (χ0n) is 14.5. The lowest BCUT2D eigenvalue weighted by molar-refractivity contribution is 0.116. The van der Waals surface area contributed by atoms with Gasteiger partial charge >= 0.3 is 0 Å². The molecule has 3 heteroatoms. The van der Waals surface area contributed by atoms with Gasteiger partial charge in [0.25, 0.3) is 0 Å². The Bertz CT molecular complexity index is 407. The Balaban J connectivity index is 2.91. The fraction of sp³-hybridized carbons (Fsp3) is 0.556. The van der Waals surface area contributed by atoms with Crippen molar-refractivity contribution in [1.29, 1.82) is 0 Å². The monoisotopic (exact) mass is 304 g/mol. The maximum Gasteiger partial charge on any atom is 0.0922 e. The molecule has 0 saturated heterocycles. The van der Waals surface area contributed by atoms with Gasteiger partial charge < -0.3 is 0 Å². The summed E-state index contributed by atoms with van der Waals surface area (Å²) in [6.07, 6.45) is 0. The van der Waals surface area contributed by atoms with Crippen molar-refractivity contribution in [3.8, 4) is 0 Å². The quantitative estimate of drug-likeness (QED) is 0.511. The maximum absolute atomic E-state index is 4.02. The first-order valence-corrected chi connectivity index (χ1v) is 9.82. The molecule has 0 fully saturated rings. The van der Waals surface area contributed by atoms with E-state index >= 15 is 0 Å². The number of benzene rings is 1. The predicted molar refractivity (Wildman–Crippen MR) is 99.0 cm³/mol. The molecule has 0 radical (unpaired) electrons. The van der Waals surface area contributed by atoms with Gasteiger partial charge in [-0.25, -0.2) is 0 Å². The maximum atomic E-state index is 4.02. The average molecular weight is 305 g/mol. The SMILES string of the molecule is C=C(C)c1ccc([SiH2]C(N(CC)CC)N(CC)CC)cc1. The Labute approximate surface area is 133 Å². The van der Waals surface area contributed by atoms with E-state index in [1.165, 1.54) is 5.56 Å². The van der Waals surface area contributed by atoms with Crippen molar-refractivity contribution in [2.75, 3.05) is 26.2 Å². The molecule has 0 aliphatic rings. The molecule has 0 saturated carbocycles. The highest BCUT2D eigenvalue weighted by Crippen LogP contribution is 2.10. The first kappa shape index (κ1) is 18.1. The fourth-order valence-electron chi connectivity index (χ4n) is 2.92. The molecule has 0 heterocycles. The number of nitrogens with zero attached hydrogens (tertiary/aromatic N) is 2. The largest absolute Gasteiger partial charge is 0.291 e. The van der Waals surface area contributed by atoms with Crippen LogP contribution in [0.25, 0.3) is 5.57 Å². The Kier molecular flexibility index (Phi) is 7.94. The van der Waals surface area contributed by atoms with Crippen molar-refractivity contribution < 1.29 is 0 Å². The zero-order chi connectivity index (χ0) is 15.8. The highest BCUT2D eigenvalue weighted by Gasteiger charge is 2.21. The van der Waals surface area contributed by atoms with Crippen LogP contribution in [0.1, 0.15) is 40.2 Å². The normalized spacial score (nSPS) is 12.2. The highest BCUT2D eigenvalue weighted by atomic mass is 28.2. The lowest BCUT2D eigenvalue weighted by Gasteiger charge is -2.38. The third-order valence-corrected chi connectivity index (χ3v) is 6.67. The minimum Gasteiger partial charge on any atom is -0.291 e. The topological polar surface area (TPSA) is 6.48 Å². The van der Waals surface area contributed by atoms with E-state index in [2.05, 4.69) is 75.3 Å². The molecule has 0 spiro atoms. The van der Waals surface area contributed by atoms with Crippen molar-refractivity contribution in [1.82, 2.24) is 9.80 Å². The van der Waals surface area contributed by atoms with Crippen LogP contribution in [0.2, 0.25) is 0 Å². The van der Waals surface area contributed by atoms with Gasteiger partial charge in [-0.2, -0.15) is 0 Å². The third-order valence-electron chi connectivity index (χ3n) is 4.33. The zero-order valence-corrected chi connectivity index (χ0v) is 15.9. The summed E-state index contributed by atoms with van der Waals surface area (Å²) in [5.74, 6) is 0.630. The standard InChI is InChI=1S/C18H32N2Si/c1-7-19(8-2)18(20(9-3)10-4)21-17-13-11-16(12-14-17)15(5)6/h11-14,18H,5,7-10,21H2,1-4,6H3. The number of hydrogen-bond acceptors (Lipinski definition) is 2. The molecule has 1 aromatic carbocycles. The molecule has 0 bridgehead atoms. The summed E-state index contributed by atoms with van der Waals surface area (Å²) in [7, 11) is -0.355. The summed E-state index contributed by atoms with van der Waals surface area (Å²) in [5, 5.41) is 1.55. The van der Waals surface area contributed by atoms with Gasteiger partial charge in [0.05, 0.1) is 9.52 Å². The van der Waals surface area contributed by atoms with Gasteiger partial charge in [0.1, 0.15) is 0 Å². The van der Waals surface area contributed by atoms with Crippen LogP contribution in [0, 0.1) is 0 Å². The summed E-state index contributed by atoms with van der Waals surface area (Å²) in [4.78, 5) is 5.23. The van der Waals surface area contributed by atoms with Crippen LogP contribution in [0.4, 0.5) is 0 Å². The van der Waals surface area contributed by atoms with E-state index in [9.17, 15) is 0 Å². The van der Waals surface area contributed by atoms with Crippen LogP contribution in [0.5, 0.6) is 0 Å². The van der Waals surface area contributed by atoms with E-state index in [4.69, 9.17) is 0 Å². The van der Waals surface area contributed by atoms with Gasteiger partial charge in [0.15, 0.2) is 0 Å². The van der Waals surface area contributed by atoms with E-state index in [-0.39, 0.29) is 9.52 Å². The molecule has 2 nitrogen and oxygen atoms in total. The third kappa shape index (κ3) is 5.10. The smallest absolute Gasteiger partial charge is 0.0922 e. The van der Waals surface area contributed by atoms with E-state index in [0.29, 0.717) is 5.79 Å². The number of hydrogen-bond donors (Lipinski definition) is 0. The summed E-state index contributed by atoms with van der Waals surface area (Å²) < 4.78 is 0. The van der Waals surface area contributed by atoms with Crippen molar-refractivity contribution in [2.45, 2.75) is 40.4 Å². The van der Waals surface area contributed by atoms with Crippen molar-refractivity contribution >= 4 is 20.3 Å². The fourth-order valence-corrected chi connectivity index (χ4v) is 5.39. The molecule has 118 valence electrons. The molecule has 1 rings (SSSR count). The molecule has 0 aromatic heterocycles. The van der Waals surface area contributed by atoms with E-state index in [0.717, 1.165) is 31.8 Å². The minimum absolute atomic E-state index is 0.355. The van der Waals surface area contributed by atoms with Gasteiger partial charge in [0.2, 0.25) is 0 Å². The second-order valence-electron chi connectivity index (χ2n) is 5.60. The summed E-state index contributed by atoms with van der Waals surface area (Å²) >= 11 is 0. The van der Waals surface area contributed by atoms with Gasteiger partial charge in [0, 0.05) is 5.79 Å². The Morgan fingerprint density at radius 1 is 0.952 bits per heavy atom. The molecule has 0 amide bonds. The first-order valence-electron chi connectivity index (χ1n) is 8.30. The molecule has 0 unspecified atom stereocenters. The van der Waals surface area contributed by atoms with Crippen molar-refractivity contribution in [3.05, 3.63) is 36.4 Å². The Hall–Kier alpha value is -0.903. The van der Waals surface area contributed by atoms with Crippen molar-refractivity contribution in [2.24, 2.45) is 0 Å². The molecule has 21 heavy (non-hydrogen) atoms. The van der Waals surface area contributed by atoms with Gasteiger partial charge in [-0.1, -0.05) is 69.3 Å². The van der Waals surface area contributed by atoms with Crippen LogP contribution in [0.15, 0.2) is 30.8 Å². The molecule has 0 N–H and O–H groups in total. The summed E-state index contributed by atoms with van der Waals surface area (Å²) in [6.45, 7) is 19.7. The molecular weight excluding hydrogens is 272 g/mol. The van der Waals surface area contributed by atoms with Gasteiger partial charge in [-0.3, -0.25) is 9.80 Å². The van der Waals surface area contributed by atoms with Crippen molar-refractivity contribution in [3.63, 3.8) is 0 Å². The highest BCUT2D eigenvalue weighted by molar-refractivity contribution is 6.54. The van der Waals surface area contributed by atoms with E-state index < -0.39 is 0 Å². The molecule has 1 aromatic rings. The number of rotatable bonds is 9. The van der Waals surface area contributed by atoms with Crippen LogP contribution in [-0.2, 0) is 0 Å². The second kappa shape index (κ2) is 9.18. The lowest BCUT2D eigenvalue weighted by atomic mass is 10.1. The molecular formula is C18H32N2Si. The molecule has 0 atom stereocenters. The van der Waals surface area contributed by atoms with E-state index in [1.807, 2.05) is 0 Å². The van der Waals surface area contributed by atoms with Crippen LogP contribution in [0.3, 0.4) is 0 Å². The van der Waals surface area contributed by atoms with Gasteiger partial charge in [-0.15, -0.1) is 0 Å². The lowest BCUT2D eigenvalue weighted by Crippen LogP contribution is -2.54. The molecule has 0 aliphatic heterocycles. The van der Waals surface area contributed by atoms with Crippen LogP contribution >= 0.6 is 0 Å². The number of allylic oxidation sites excluding steroid dienone is 1. The minimum atomic E-state index is -0.355. The summed E-state index contributed by atoms with van der Waals surface area (Å²) in [6, 6.07) is 9.09. The van der Waals surface area contributed by atoms with Gasteiger partial charge in [-0.05, 0) is 38.7 Å². The average Bonchev–Trinajstić information content (AvgIpc) is 2.50. The van der Waals surface area contributed by atoms with Crippen LogP contribution < -0.4 is 5.19 Å². The predicted octanol–water partition coefficient (Wildman–Crippen LogP) is 2.48. The summed E-state index contributed by atoms with van der Waals surface area (Å²) in [5.41, 5.74) is 2.40. The Morgan fingerprint density at radius 2 is 1.38 bits per heavy atom. The van der Waals surface area contributed by atoms with Crippen LogP contribution in [-0.4, -0.2) is 51.3 Å². The second-order valence-corrected chi connectivity index (χ2v) is 7.56. The van der Waals surface area contributed by atoms with E-state index in [1.54, 1.807) is 5.19 Å². The Morgan fingerprint density at radius 3 is 1.71 bits per heavy atom.